The van der Waals surface area contributed by atoms with Crippen LogP contribution in [0.3, 0.4) is 0 Å². The molecule has 0 bridgehead atoms. The van der Waals surface area contributed by atoms with Crippen molar-refractivity contribution in [1.29, 1.82) is 0 Å². The van der Waals surface area contributed by atoms with Crippen molar-refractivity contribution in [2.75, 3.05) is 7.11 Å². The van der Waals surface area contributed by atoms with Crippen LogP contribution in [0, 0.1) is 17.0 Å². The highest BCUT2D eigenvalue weighted by molar-refractivity contribution is 5.86. The lowest BCUT2D eigenvalue weighted by molar-refractivity contribution is -0.384. The van der Waals surface area contributed by atoms with Crippen molar-refractivity contribution < 1.29 is 24.0 Å². The number of hydrogen-bond donors (Lipinski definition) is 1. The second-order valence-electron chi connectivity index (χ2n) is 7.06. The summed E-state index contributed by atoms with van der Waals surface area (Å²) >= 11 is 0. The molecule has 0 saturated heterocycles. The third kappa shape index (κ3) is 4.11. The Morgan fingerprint density at radius 3 is 2.50 bits per heavy atom. The molecule has 8 heteroatoms. The van der Waals surface area contributed by atoms with Crippen molar-refractivity contribution in [2.45, 2.75) is 13.5 Å². The molecule has 1 N–H and O–H groups in total. The molecule has 0 amide bonds. The summed E-state index contributed by atoms with van der Waals surface area (Å²) in [6.07, 6.45) is 0. The van der Waals surface area contributed by atoms with Crippen LogP contribution in [-0.4, -0.2) is 22.3 Å². The third-order valence-corrected chi connectivity index (χ3v) is 5.01. The first-order chi connectivity index (χ1) is 15.5. The van der Waals surface area contributed by atoms with Crippen LogP contribution in [0.5, 0.6) is 17.2 Å². The van der Waals surface area contributed by atoms with E-state index in [-0.39, 0.29) is 18.0 Å². The van der Waals surface area contributed by atoms with Gasteiger partial charge < -0.3 is 19.1 Å². The average molecular weight is 432 g/mol. The minimum Gasteiger partial charge on any atom is -0.507 e. The first-order valence-electron chi connectivity index (χ1n) is 9.77. The molecule has 0 radical (unpaired) electrons. The van der Waals surface area contributed by atoms with Gasteiger partial charge in [0.05, 0.1) is 28.9 Å². The van der Waals surface area contributed by atoms with Crippen LogP contribution < -0.4 is 9.47 Å². The van der Waals surface area contributed by atoms with Gasteiger partial charge in [-0.25, -0.2) is 0 Å². The molecule has 8 nitrogen and oxygen atoms in total. The van der Waals surface area contributed by atoms with Gasteiger partial charge in [-0.1, -0.05) is 23.4 Å². The molecule has 0 aliphatic heterocycles. The predicted octanol–water partition coefficient (Wildman–Crippen LogP) is 5.52. The van der Waals surface area contributed by atoms with Crippen LogP contribution in [0.15, 0.2) is 71.3 Å². The summed E-state index contributed by atoms with van der Waals surface area (Å²) in [5.41, 5.74) is 3.46. The van der Waals surface area contributed by atoms with Crippen molar-refractivity contribution in [2.24, 2.45) is 0 Å². The zero-order valence-corrected chi connectivity index (χ0v) is 17.4. The van der Waals surface area contributed by atoms with Gasteiger partial charge >= 0.3 is 0 Å². The van der Waals surface area contributed by atoms with E-state index in [0.29, 0.717) is 28.5 Å². The monoisotopic (exact) mass is 432 g/mol. The zero-order chi connectivity index (χ0) is 22.7. The molecular weight excluding hydrogens is 412 g/mol. The number of para-hydroxylation sites is 1. The quantitative estimate of drug-likeness (QED) is 0.303. The Labute approximate surface area is 183 Å². The van der Waals surface area contributed by atoms with E-state index < -0.39 is 4.92 Å². The number of benzene rings is 3. The van der Waals surface area contributed by atoms with Crippen LogP contribution >= 0.6 is 0 Å². The molecule has 4 aromatic rings. The largest absolute Gasteiger partial charge is 0.507 e. The highest BCUT2D eigenvalue weighted by atomic mass is 16.6. The first kappa shape index (κ1) is 20.9. The van der Waals surface area contributed by atoms with Gasteiger partial charge in [0, 0.05) is 23.8 Å². The number of aryl methyl sites for hydroxylation is 1. The van der Waals surface area contributed by atoms with Crippen LogP contribution in [0.4, 0.5) is 5.69 Å². The maximum absolute atomic E-state index is 10.8. The smallest absolute Gasteiger partial charge is 0.269 e. The Balaban J connectivity index is 1.59. The highest BCUT2D eigenvalue weighted by Crippen LogP contribution is 2.42. The number of phenols is 1. The standard InChI is InChI=1S/C24H20N2O6/c1-15-23(20-5-3-4-6-22(20)30-2)24(32-25-15)19-12-11-18(13-21(19)27)31-14-16-7-9-17(10-8-16)26(28)29/h3-13,27H,14H2,1-2H3. The minimum atomic E-state index is -0.452. The van der Waals surface area contributed by atoms with E-state index in [0.717, 1.165) is 16.7 Å². The average Bonchev–Trinajstić information content (AvgIpc) is 3.18. The van der Waals surface area contributed by atoms with Crippen molar-refractivity contribution in [1.82, 2.24) is 5.16 Å². The molecule has 0 atom stereocenters. The number of nitro benzene ring substituents is 1. The van der Waals surface area contributed by atoms with Gasteiger partial charge in [-0.3, -0.25) is 10.1 Å². The van der Waals surface area contributed by atoms with Gasteiger partial charge in [-0.15, -0.1) is 0 Å². The van der Waals surface area contributed by atoms with Crippen molar-refractivity contribution in [3.8, 4) is 39.7 Å². The summed E-state index contributed by atoms with van der Waals surface area (Å²) in [6, 6.07) is 18.5. The normalized spacial score (nSPS) is 10.7. The molecule has 0 aliphatic carbocycles. The van der Waals surface area contributed by atoms with Gasteiger partial charge in [0.25, 0.3) is 5.69 Å². The van der Waals surface area contributed by atoms with Crippen LogP contribution in [-0.2, 0) is 6.61 Å². The van der Waals surface area contributed by atoms with Gasteiger partial charge in [0.2, 0.25) is 0 Å². The number of rotatable bonds is 7. The number of ether oxygens (including phenoxy) is 2. The molecule has 0 saturated carbocycles. The third-order valence-electron chi connectivity index (χ3n) is 5.01. The van der Waals surface area contributed by atoms with Crippen molar-refractivity contribution >= 4 is 5.69 Å². The number of methoxy groups -OCH3 is 1. The molecule has 1 aromatic heterocycles. The maximum Gasteiger partial charge on any atom is 0.269 e. The van der Waals surface area contributed by atoms with Gasteiger partial charge in [0.1, 0.15) is 23.9 Å². The van der Waals surface area contributed by atoms with Crippen LogP contribution in [0.2, 0.25) is 0 Å². The molecule has 0 aliphatic rings. The molecule has 3 aromatic carbocycles. The topological polar surface area (TPSA) is 108 Å². The molecule has 32 heavy (non-hydrogen) atoms. The molecule has 4 rings (SSSR count). The number of nitrogens with zero attached hydrogens (tertiary/aromatic N) is 2. The van der Waals surface area contributed by atoms with Gasteiger partial charge in [-0.2, -0.15) is 0 Å². The number of non-ortho nitro benzene ring substituents is 1. The predicted molar refractivity (Wildman–Crippen MR) is 118 cm³/mol. The second kappa shape index (κ2) is 8.81. The van der Waals surface area contributed by atoms with Gasteiger partial charge in [0.15, 0.2) is 5.76 Å². The van der Waals surface area contributed by atoms with Crippen LogP contribution in [0.25, 0.3) is 22.5 Å². The summed E-state index contributed by atoms with van der Waals surface area (Å²) in [6.45, 7) is 2.03. The van der Waals surface area contributed by atoms with E-state index in [9.17, 15) is 15.2 Å². The summed E-state index contributed by atoms with van der Waals surface area (Å²) in [5.74, 6) is 1.51. The number of aromatic hydroxyl groups is 1. The summed E-state index contributed by atoms with van der Waals surface area (Å²) < 4.78 is 16.7. The van der Waals surface area contributed by atoms with Crippen LogP contribution in [0.1, 0.15) is 11.3 Å². The SMILES string of the molecule is COc1ccccc1-c1c(C)noc1-c1ccc(OCc2ccc([N+](=O)[O-])cc2)cc1O. The maximum atomic E-state index is 10.8. The highest BCUT2D eigenvalue weighted by Gasteiger charge is 2.22. The Morgan fingerprint density at radius 2 is 1.81 bits per heavy atom. The van der Waals surface area contributed by atoms with E-state index in [1.165, 1.54) is 18.2 Å². The molecule has 0 fully saturated rings. The minimum absolute atomic E-state index is 0.0175. The Morgan fingerprint density at radius 1 is 1.06 bits per heavy atom. The summed E-state index contributed by atoms with van der Waals surface area (Å²) in [5, 5.41) is 25.5. The molecule has 1 heterocycles. The van der Waals surface area contributed by atoms with E-state index in [4.69, 9.17) is 14.0 Å². The first-order valence-corrected chi connectivity index (χ1v) is 9.77. The van der Waals surface area contributed by atoms with E-state index >= 15 is 0 Å². The van der Waals surface area contributed by atoms with Crippen molar-refractivity contribution in [3.63, 3.8) is 0 Å². The van der Waals surface area contributed by atoms with Gasteiger partial charge in [-0.05, 0) is 42.8 Å². The fourth-order valence-electron chi connectivity index (χ4n) is 3.40. The summed E-state index contributed by atoms with van der Waals surface area (Å²) in [7, 11) is 1.59. The van der Waals surface area contributed by atoms with E-state index in [1.807, 2.05) is 31.2 Å². The molecule has 0 spiro atoms. The zero-order valence-electron chi connectivity index (χ0n) is 17.4. The molecule has 0 unspecified atom stereocenters. The number of aromatic nitrogens is 1. The van der Waals surface area contributed by atoms with Crippen molar-refractivity contribution in [3.05, 3.63) is 88.1 Å². The number of hydrogen-bond acceptors (Lipinski definition) is 7. The molecule has 162 valence electrons. The van der Waals surface area contributed by atoms with E-state index in [2.05, 4.69) is 5.16 Å². The number of phenolic OH excluding ortho intramolecular Hbond substituents is 1. The fraction of sp³-hybridized carbons (Fsp3) is 0.125. The Hall–Kier alpha value is -4.33. The molecular formula is C24H20N2O6. The lowest BCUT2D eigenvalue weighted by Crippen LogP contribution is -1.96. The lowest BCUT2D eigenvalue weighted by Gasteiger charge is -2.11. The Bertz CT molecular complexity index is 1260. The Kier molecular flexibility index (Phi) is 5.76. The second-order valence-corrected chi connectivity index (χ2v) is 7.06. The van der Waals surface area contributed by atoms with E-state index in [1.54, 1.807) is 31.4 Å². The number of nitro groups is 1. The lowest BCUT2D eigenvalue weighted by atomic mass is 9.98. The fourth-order valence-corrected chi connectivity index (χ4v) is 3.40. The summed E-state index contributed by atoms with van der Waals surface area (Å²) in [4.78, 5) is 10.3.